The highest BCUT2D eigenvalue weighted by molar-refractivity contribution is 5.37. The zero-order valence-electron chi connectivity index (χ0n) is 12.6. The van der Waals surface area contributed by atoms with Crippen molar-refractivity contribution in [3.05, 3.63) is 70.0 Å². The number of halogens is 1. The molecule has 20 heavy (non-hydrogen) atoms. The molecule has 0 amide bonds. The van der Waals surface area contributed by atoms with Gasteiger partial charge in [0, 0.05) is 6.04 Å². The summed E-state index contributed by atoms with van der Waals surface area (Å²) in [5.41, 5.74) is 6.08. The molecule has 0 saturated heterocycles. The summed E-state index contributed by atoms with van der Waals surface area (Å²) in [6.45, 7) is 6.30. The van der Waals surface area contributed by atoms with Crippen molar-refractivity contribution in [3.63, 3.8) is 0 Å². The van der Waals surface area contributed by atoms with Crippen LogP contribution < -0.4 is 5.32 Å². The Morgan fingerprint density at radius 2 is 1.65 bits per heavy atom. The van der Waals surface area contributed by atoms with Gasteiger partial charge in [0.15, 0.2) is 0 Å². The number of hydrogen-bond acceptors (Lipinski definition) is 1. The summed E-state index contributed by atoms with van der Waals surface area (Å²) in [4.78, 5) is 0. The van der Waals surface area contributed by atoms with Gasteiger partial charge in [-0.25, -0.2) is 4.39 Å². The fourth-order valence-corrected chi connectivity index (χ4v) is 2.73. The Morgan fingerprint density at radius 3 is 2.25 bits per heavy atom. The smallest absolute Gasteiger partial charge is 0.123 e. The van der Waals surface area contributed by atoms with Gasteiger partial charge >= 0.3 is 0 Å². The topological polar surface area (TPSA) is 12.0 Å². The Balaban J connectivity index is 2.36. The first-order valence-corrected chi connectivity index (χ1v) is 7.01. The minimum atomic E-state index is -0.174. The Labute approximate surface area is 120 Å². The molecule has 1 unspecified atom stereocenters. The highest BCUT2D eigenvalue weighted by atomic mass is 19.1. The van der Waals surface area contributed by atoms with Crippen molar-refractivity contribution in [1.29, 1.82) is 0 Å². The van der Waals surface area contributed by atoms with Crippen LogP contribution in [0.25, 0.3) is 0 Å². The molecule has 2 aromatic rings. The van der Waals surface area contributed by atoms with Gasteiger partial charge in [-0.15, -0.1) is 0 Å². The zero-order chi connectivity index (χ0) is 14.7. The summed E-state index contributed by atoms with van der Waals surface area (Å²) in [7, 11) is 1.93. The van der Waals surface area contributed by atoms with Crippen molar-refractivity contribution in [2.24, 2.45) is 0 Å². The van der Waals surface area contributed by atoms with Crippen molar-refractivity contribution < 1.29 is 4.39 Å². The van der Waals surface area contributed by atoms with Crippen LogP contribution in [0.4, 0.5) is 4.39 Å². The second-order valence-corrected chi connectivity index (χ2v) is 5.42. The molecule has 1 N–H and O–H groups in total. The molecule has 0 radical (unpaired) electrons. The van der Waals surface area contributed by atoms with Gasteiger partial charge < -0.3 is 5.32 Å². The van der Waals surface area contributed by atoms with Crippen LogP contribution in [0.15, 0.2) is 36.4 Å². The first-order chi connectivity index (χ1) is 9.52. The molecular formula is C18H22FN. The van der Waals surface area contributed by atoms with Crippen LogP contribution in [0.3, 0.4) is 0 Å². The zero-order valence-corrected chi connectivity index (χ0v) is 12.6. The molecule has 2 heteroatoms. The molecule has 2 aromatic carbocycles. The van der Waals surface area contributed by atoms with Crippen molar-refractivity contribution in [2.45, 2.75) is 33.2 Å². The second kappa shape index (κ2) is 6.19. The van der Waals surface area contributed by atoms with Crippen LogP contribution in [0.1, 0.15) is 33.9 Å². The number of rotatable bonds is 4. The van der Waals surface area contributed by atoms with E-state index in [4.69, 9.17) is 0 Å². The number of hydrogen-bond donors (Lipinski definition) is 1. The van der Waals surface area contributed by atoms with Gasteiger partial charge in [0.2, 0.25) is 0 Å². The normalized spacial score (nSPS) is 12.4. The summed E-state index contributed by atoms with van der Waals surface area (Å²) in [6, 6.07) is 11.5. The van der Waals surface area contributed by atoms with E-state index in [1.165, 1.54) is 22.8 Å². The van der Waals surface area contributed by atoms with E-state index >= 15 is 0 Å². The second-order valence-electron chi connectivity index (χ2n) is 5.42. The Morgan fingerprint density at radius 1 is 1.00 bits per heavy atom. The third-order valence-electron chi connectivity index (χ3n) is 4.02. The van der Waals surface area contributed by atoms with Gasteiger partial charge in [-0.1, -0.05) is 24.3 Å². The van der Waals surface area contributed by atoms with Crippen LogP contribution in [0.5, 0.6) is 0 Å². The third kappa shape index (κ3) is 3.07. The van der Waals surface area contributed by atoms with Gasteiger partial charge in [-0.05, 0) is 74.2 Å². The lowest BCUT2D eigenvalue weighted by Gasteiger charge is -2.21. The van der Waals surface area contributed by atoms with E-state index in [9.17, 15) is 4.39 Å². The molecule has 1 nitrogen and oxygen atoms in total. The van der Waals surface area contributed by atoms with Crippen molar-refractivity contribution in [2.75, 3.05) is 7.05 Å². The molecule has 0 aliphatic heterocycles. The van der Waals surface area contributed by atoms with Crippen molar-refractivity contribution in [1.82, 2.24) is 5.32 Å². The first kappa shape index (κ1) is 14.7. The minimum absolute atomic E-state index is 0.130. The van der Waals surface area contributed by atoms with E-state index < -0.39 is 0 Å². The first-order valence-electron chi connectivity index (χ1n) is 7.01. The summed E-state index contributed by atoms with van der Waals surface area (Å²) < 4.78 is 13.5. The minimum Gasteiger partial charge on any atom is -0.313 e. The molecule has 1 atom stereocenters. The monoisotopic (exact) mass is 271 g/mol. The van der Waals surface area contributed by atoms with E-state index in [-0.39, 0.29) is 11.9 Å². The molecule has 0 fully saturated rings. The predicted molar refractivity (Wildman–Crippen MR) is 82.6 cm³/mol. The number of benzene rings is 2. The fourth-order valence-electron chi connectivity index (χ4n) is 2.73. The number of likely N-dealkylation sites (N-methyl/N-ethyl adjacent to an activating group) is 1. The molecule has 0 saturated carbocycles. The third-order valence-corrected chi connectivity index (χ3v) is 4.02. The van der Waals surface area contributed by atoms with Gasteiger partial charge in [-0.2, -0.15) is 0 Å². The lowest BCUT2D eigenvalue weighted by atomic mass is 9.91. The lowest BCUT2D eigenvalue weighted by molar-refractivity contribution is 0.572. The Bertz CT molecular complexity index is 584. The molecule has 0 aliphatic rings. The maximum absolute atomic E-state index is 13.5. The quantitative estimate of drug-likeness (QED) is 0.876. The largest absolute Gasteiger partial charge is 0.313 e. The average Bonchev–Trinajstić information content (AvgIpc) is 2.42. The number of nitrogens with one attached hydrogen (secondary N) is 1. The highest BCUT2D eigenvalue weighted by Crippen LogP contribution is 2.25. The van der Waals surface area contributed by atoms with Crippen LogP contribution in [-0.4, -0.2) is 7.05 Å². The Kier molecular flexibility index (Phi) is 4.56. The summed E-state index contributed by atoms with van der Waals surface area (Å²) in [6.07, 6.45) is 0.874. The molecular weight excluding hydrogens is 249 g/mol. The van der Waals surface area contributed by atoms with Gasteiger partial charge in [0.25, 0.3) is 0 Å². The van der Waals surface area contributed by atoms with Crippen LogP contribution >= 0.6 is 0 Å². The molecule has 0 aliphatic carbocycles. The van der Waals surface area contributed by atoms with E-state index in [2.05, 4.69) is 37.4 Å². The van der Waals surface area contributed by atoms with E-state index in [1.54, 1.807) is 6.07 Å². The van der Waals surface area contributed by atoms with Crippen molar-refractivity contribution in [3.8, 4) is 0 Å². The molecule has 2 rings (SSSR count). The summed E-state index contributed by atoms with van der Waals surface area (Å²) in [5.74, 6) is -0.174. The Hall–Kier alpha value is -1.67. The van der Waals surface area contributed by atoms with Crippen LogP contribution in [-0.2, 0) is 6.42 Å². The van der Waals surface area contributed by atoms with Gasteiger partial charge in [0.1, 0.15) is 5.82 Å². The lowest BCUT2D eigenvalue weighted by Crippen LogP contribution is -2.21. The fraction of sp³-hybridized carbons (Fsp3) is 0.333. The summed E-state index contributed by atoms with van der Waals surface area (Å²) in [5, 5.41) is 3.32. The number of aryl methyl sites for hydroxylation is 3. The summed E-state index contributed by atoms with van der Waals surface area (Å²) >= 11 is 0. The molecule has 0 spiro atoms. The van der Waals surface area contributed by atoms with Gasteiger partial charge in [-0.3, -0.25) is 0 Å². The van der Waals surface area contributed by atoms with E-state index in [1.807, 2.05) is 20.0 Å². The van der Waals surface area contributed by atoms with E-state index in [0.29, 0.717) is 0 Å². The highest BCUT2D eigenvalue weighted by Gasteiger charge is 2.15. The van der Waals surface area contributed by atoms with Gasteiger partial charge in [0.05, 0.1) is 0 Å². The predicted octanol–water partition coefficient (Wildman–Crippen LogP) is 4.25. The average molecular weight is 271 g/mol. The standard InChI is InChI=1S/C18H22FN/c1-12-6-5-7-13(2)16(12)11-18(20-4)17-10-15(19)9-8-14(17)3/h5-10,18,20H,11H2,1-4H3. The SMILES string of the molecule is CNC(Cc1c(C)cccc1C)c1cc(F)ccc1C. The maximum atomic E-state index is 13.5. The molecule has 0 aromatic heterocycles. The molecule has 0 heterocycles. The van der Waals surface area contributed by atoms with Crippen LogP contribution in [0, 0.1) is 26.6 Å². The molecule has 106 valence electrons. The van der Waals surface area contributed by atoms with Crippen LogP contribution in [0.2, 0.25) is 0 Å². The maximum Gasteiger partial charge on any atom is 0.123 e. The van der Waals surface area contributed by atoms with Crippen molar-refractivity contribution >= 4 is 0 Å². The van der Waals surface area contributed by atoms with E-state index in [0.717, 1.165) is 17.5 Å². The molecule has 0 bridgehead atoms.